The van der Waals surface area contributed by atoms with Crippen LogP contribution in [0.15, 0.2) is 39.8 Å². The minimum Gasteiger partial charge on any atom is -0.370 e. The van der Waals surface area contributed by atoms with Crippen molar-refractivity contribution in [2.45, 2.75) is 13.5 Å². The maximum atomic E-state index is 13.0. The van der Waals surface area contributed by atoms with E-state index in [0.717, 1.165) is 37.6 Å². The van der Waals surface area contributed by atoms with Crippen LogP contribution in [0.4, 0.5) is 10.1 Å². The largest absolute Gasteiger partial charge is 0.370 e. The van der Waals surface area contributed by atoms with Crippen LogP contribution in [0.2, 0.25) is 0 Å². The summed E-state index contributed by atoms with van der Waals surface area (Å²) in [5.41, 5.74) is 7.91. The zero-order chi connectivity index (χ0) is 16.2. The van der Waals surface area contributed by atoms with Gasteiger partial charge in [-0.15, -0.1) is 24.0 Å². The lowest BCUT2D eigenvalue weighted by atomic mass is 10.2. The third-order valence-electron chi connectivity index (χ3n) is 3.87. The van der Waals surface area contributed by atoms with Crippen molar-refractivity contribution in [3.8, 4) is 0 Å². The smallest absolute Gasteiger partial charge is 0.191 e. The molecule has 0 atom stereocenters. The summed E-state index contributed by atoms with van der Waals surface area (Å²) < 4.78 is 18.1. The highest BCUT2D eigenvalue weighted by atomic mass is 127. The molecular formula is C16H21FIN5O. The summed E-state index contributed by atoms with van der Waals surface area (Å²) in [6, 6.07) is 8.42. The molecule has 1 aliphatic rings. The molecule has 24 heavy (non-hydrogen) atoms. The molecule has 1 aliphatic heterocycles. The van der Waals surface area contributed by atoms with Gasteiger partial charge >= 0.3 is 0 Å². The third-order valence-corrected chi connectivity index (χ3v) is 3.87. The molecule has 3 rings (SSSR count). The second kappa shape index (κ2) is 8.32. The van der Waals surface area contributed by atoms with Crippen molar-refractivity contribution < 1.29 is 8.91 Å². The first kappa shape index (κ1) is 18.5. The van der Waals surface area contributed by atoms with E-state index in [1.165, 1.54) is 12.1 Å². The number of nitrogens with zero attached hydrogens (tertiary/aromatic N) is 4. The van der Waals surface area contributed by atoms with Crippen molar-refractivity contribution in [1.29, 1.82) is 0 Å². The fourth-order valence-corrected chi connectivity index (χ4v) is 2.60. The number of hydrogen-bond acceptors (Lipinski definition) is 4. The fraction of sp³-hybridized carbons (Fsp3) is 0.375. The molecule has 130 valence electrons. The van der Waals surface area contributed by atoms with Crippen LogP contribution in [0.5, 0.6) is 0 Å². The normalized spacial score (nSPS) is 15.3. The van der Waals surface area contributed by atoms with Gasteiger partial charge in [0.15, 0.2) is 11.7 Å². The summed E-state index contributed by atoms with van der Waals surface area (Å²) in [4.78, 5) is 8.62. The van der Waals surface area contributed by atoms with Gasteiger partial charge in [-0.3, -0.25) is 0 Å². The Labute approximate surface area is 157 Å². The molecule has 0 spiro atoms. The lowest BCUT2D eigenvalue weighted by molar-refractivity contribution is 0.371. The molecule has 2 aromatic rings. The zero-order valence-corrected chi connectivity index (χ0v) is 15.8. The number of nitrogens with two attached hydrogens (primary N) is 1. The number of hydrogen-bond donors (Lipinski definition) is 1. The van der Waals surface area contributed by atoms with Gasteiger partial charge in [-0.1, -0.05) is 5.16 Å². The number of aryl methyl sites for hydroxylation is 1. The molecule has 1 aromatic carbocycles. The van der Waals surface area contributed by atoms with Gasteiger partial charge in [-0.25, -0.2) is 9.38 Å². The lowest BCUT2D eigenvalue weighted by Crippen LogP contribution is -2.51. The second-order valence-corrected chi connectivity index (χ2v) is 5.56. The number of benzene rings is 1. The number of halogens is 2. The standard InChI is InChI=1S/C16H20FN5O.HI/c1-12-10-15(23-20-12)11-19-16(18)22-8-6-21(7-9-22)14-4-2-13(17)3-5-14;/h2-5,10H,6-9,11H2,1H3,(H2,18,19);1H. The highest BCUT2D eigenvalue weighted by Gasteiger charge is 2.18. The van der Waals surface area contributed by atoms with Gasteiger partial charge in [0.2, 0.25) is 0 Å². The minimum absolute atomic E-state index is 0. The van der Waals surface area contributed by atoms with E-state index in [2.05, 4.69) is 15.0 Å². The Hall–Kier alpha value is -1.84. The average Bonchev–Trinajstić information content (AvgIpc) is 2.99. The van der Waals surface area contributed by atoms with Gasteiger partial charge in [0.25, 0.3) is 0 Å². The van der Waals surface area contributed by atoms with Gasteiger partial charge in [0, 0.05) is 37.9 Å². The molecule has 1 aromatic heterocycles. The van der Waals surface area contributed by atoms with E-state index in [4.69, 9.17) is 10.3 Å². The molecule has 6 nitrogen and oxygen atoms in total. The molecule has 2 heterocycles. The van der Waals surface area contributed by atoms with Crippen LogP contribution in [0.1, 0.15) is 11.5 Å². The number of aromatic nitrogens is 1. The summed E-state index contributed by atoms with van der Waals surface area (Å²) in [5.74, 6) is 1.000. The predicted molar refractivity (Wildman–Crippen MR) is 102 cm³/mol. The topological polar surface area (TPSA) is 70.9 Å². The maximum Gasteiger partial charge on any atom is 0.191 e. The van der Waals surface area contributed by atoms with Crippen LogP contribution < -0.4 is 10.6 Å². The molecule has 8 heteroatoms. The Morgan fingerprint density at radius 1 is 1.25 bits per heavy atom. The monoisotopic (exact) mass is 445 g/mol. The molecular weight excluding hydrogens is 424 g/mol. The van der Waals surface area contributed by atoms with Gasteiger partial charge in [0.05, 0.1) is 5.69 Å². The highest BCUT2D eigenvalue weighted by molar-refractivity contribution is 14.0. The Morgan fingerprint density at radius 3 is 2.50 bits per heavy atom. The van der Waals surface area contributed by atoms with Crippen LogP contribution in [-0.4, -0.2) is 42.2 Å². The first-order chi connectivity index (χ1) is 11.1. The quantitative estimate of drug-likeness (QED) is 0.447. The molecule has 1 fully saturated rings. The van der Waals surface area contributed by atoms with E-state index in [0.29, 0.717) is 18.3 Å². The molecule has 2 N–H and O–H groups in total. The van der Waals surface area contributed by atoms with Crippen LogP contribution in [-0.2, 0) is 6.54 Å². The number of anilines is 1. The second-order valence-electron chi connectivity index (χ2n) is 5.56. The Kier molecular flexibility index (Phi) is 6.41. The Morgan fingerprint density at radius 2 is 1.92 bits per heavy atom. The van der Waals surface area contributed by atoms with E-state index in [-0.39, 0.29) is 29.8 Å². The average molecular weight is 445 g/mol. The van der Waals surface area contributed by atoms with Crippen molar-refractivity contribution in [3.05, 3.63) is 47.6 Å². The molecule has 0 unspecified atom stereocenters. The van der Waals surface area contributed by atoms with Crippen molar-refractivity contribution in [3.63, 3.8) is 0 Å². The number of piperazine rings is 1. The number of aliphatic imine (C=N–C) groups is 1. The third kappa shape index (κ3) is 4.59. The number of guanidine groups is 1. The van der Waals surface area contributed by atoms with E-state index in [9.17, 15) is 4.39 Å². The molecule has 0 amide bonds. The first-order valence-corrected chi connectivity index (χ1v) is 7.59. The van der Waals surface area contributed by atoms with Gasteiger partial charge in [0.1, 0.15) is 12.4 Å². The van der Waals surface area contributed by atoms with Gasteiger partial charge < -0.3 is 20.1 Å². The van der Waals surface area contributed by atoms with Gasteiger partial charge in [-0.2, -0.15) is 0 Å². The summed E-state index contributed by atoms with van der Waals surface area (Å²) in [6.45, 7) is 5.47. The van der Waals surface area contributed by atoms with Crippen molar-refractivity contribution in [2.75, 3.05) is 31.1 Å². The van der Waals surface area contributed by atoms with Crippen molar-refractivity contribution >= 4 is 35.6 Å². The Balaban J connectivity index is 0.00000208. The van der Waals surface area contributed by atoms with Crippen molar-refractivity contribution in [2.24, 2.45) is 10.7 Å². The number of rotatable bonds is 3. The van der Waals surface area contributed by atoms with E-state index >= 15 is 0 Å². The molecule has 0 radical (unpaired) electrons. The summed E-state index contributed by atoms with van der Waals surface area (Å²) in [7, 11) is 0. The summed E-state index contributed by atoms with van der Waals surface area (Å²) in [6.07, 6.45) is 0. The fourth-order valence-electron chi connectivity index (χ4n) is 2.60. The predicted octanol–water partition coefficient (Wildman–Crippen LogP) is 2.38. The van der Waals surface area contributed by atoms with E-state index in [1.54, 1.807) is 12.1 Å². The van der Waals surface area contributed by atoms with Crippen LogP contribution in [0, 0.1) is 12.7 Å². The van der Waals surface area contributed by atoms with Gasteiger partial charge in [-0.05, 0) is 31.2 Å². The van der Waals surface area contributed by atoms with E-state index < -0.39 is 0 Å². The van der Waals surface area contributed by atoms with Crippen LogP contribution in [0.25, 0.3) is 0 Å². The highest BCUT2D eigenvalue weighted by Crippen LogP contribution is 2.16. The van der Waals surface area contributed by atoms with Crippen LogP contribution >= 0.6 is 24.0 Å². The SMILES string of the molecule is Cc1cc(CN=C(N)N2CCN(c3ccc(F)cc3)CC2)on1.I. The molecule has 0 saturated carbocycles. The Bertz CT molecular complexity index is 680. The molecule has 1 saturated heterocycles. The van der Waals surface area contributed by atoms with E-state index in [1.807, 2.05) is 17.9 Å². The molecule has 0 bridgehead atoms. The van der Waals surface area contributed by atoms with Crippen molar-refractivity contribution in [1.82, 2.24) is 10.1 Å². The lowest BCUT2D eigenvalue weighted by Gasteiger charge is -2.36. The van der Waals surface area contributed by atoms with Crippen LogP contribution in [0.3, 0.4) is 0 Å². The zero-order valence-electron chi connectivity index (χ0n) is 13.5. The molecule has 0 aliphatic carbocycles. The summed E-state index contributed by atoms with van der Waals surface area (Å²) in [5, 5.41) is 3.82. The minimum atomic E-state index is -0.216. The summed E-state index contributed by atoms with van der Waals surface area (Å²) >= 11 is 0. The first-order valence-electron chi connectivity index (χ1n) is 7.59. The maximum absolute atomic E-state index is 13.0.